The zero-order valence-corrected chi connectivity index (χ0v) is 19.7. The van der Waals surface area contributed by atoms with Crippen molar-refractivity contribution in [2.24, 2.45) is 0 Å². The molecule has 4 heterocycles. The zero-order valence-electron chi connectivity index (χ0n) is 18.9. The molecule has 1 aliphatic carbocycles. The lowest BCUT2D eigenvalue weighted by Gasteiger charge is -2.38. The summed E-state index contributed by atoms with van der Waals surface area (Å²) in [5.74, 6) is 0.167. The number of fused-ring (bicyclic) bond motifs is 1. The molecule has 6 rings (SSSR count). The van der Waals surface area contributed by atoms with Crippen LogP contribution in [0.4, 0.5) is 20.4 Å². The Morgan fingerprint density at radius 2 is 1.97 bits per heavy atom. The Bertz CT molecular complexity index is 1220. The number of nitrogens with zero attached hydrogens (tertiary/aromatic N) is 5. The summed E-state index contributed by atoms with van der Waals surface area (Å²) in [7, 11) is 0. The summed E-state index contributed by atoms with van der Waals surface area (Å²) in [6.45, 7) is 3.31. The average Bonchev–Trinajstić information content (AvgIpc) is 3.47. The highest BCUT2D eigenvalue weighted by Crippen LogP contribution is 2.39. The molecule has 0 bridgehead atoms. The molecule has 2 aliphatic heterocycles. The molecule has 3 fully saturated rings. The van der Waals surface area contributed by atoms with E-state index in [9.17, 15) is 4.39 Å². The number of benzene rings is 1. The van der Waals surface area contributed by atoms with E-state index in [0.717, 1.165) is 34.9 Å². The molecular formula is C24H27ClF2N6O. The third kappa shape index (κ3) is 4.03. The summed E-state index contributed by atoms with van der Waals surface area (Å²) in [5, 5.41) is 8.96. The second-order valence-electron chi connectivity index (χ2n) is 9.64. The molecule has 3 aliphatic rings. The molecule has 180 valence electrons. The number of alkyl halides is 2. The first-order valence-electron chi connectivity index (χ1n) is 11.8. The Balaban J connectivity index is 1.23. The molecule has 2 aromatic heterocycles. The van der Waals surface area contributed by atoms with E-state index in [0.29, 0.717) is 42.4 Å². The Hall–Kier alpha value is -2.36. The molecule has 4 atom stereocenters. The summed E-state index contributed by atoms with van der Waals surface area (Å²) in [6.07, 6.45) is 4.14. The quantitative estimate of drug-likeness (QED) is 0.560. The molecule has 34 heavy (non-hydrogen) atoms. The molecule has 4 unspecified atom stereocenters. The smallest absolute Gasteiger partial charge is 0.227 e. The van der Waals surface area contributed by atoms with Crippen molar-refractivity contribution in [3.8, 4) is 0 Å². The van der Waals surface area contributed by atoms with Crippen LogP contribution in [0.25, 0.3) is 10.9 Å². The second kappa shape index (κ2) is 8.70. The van der Waals surface area contributed by atoms with Crippen LogP contribution in [0.15, 0.2) is 24.5 Å². The molecule has 0 radical (unpaired) electrons. The summed E-state index contributed by atoms with van der Waals surface area (Å²) >= 11 is 6.46. The van der Waals surface area contributed by atoms with Gasteiger partial charge in [-0.05, 0) is 56.0 Å². The van der Waals surface area contributed by atoms with Crippen molar-refractivity contribution in [2.45, 2.75) is 56.5 Å². The maximum Gasteiger partial charge on any atom is 0.227 e. The lowest BCUT2D eigenvalue weighted by molar-refractivity contribution is 0.0581. The fraction of sp³-hybridized carbons (Fsp3) is 0.542. The van der Waals surface area contributed by atoms with Crippen LogP contribution in [0.5, 0.6) is 0 Å². The maximum absolute atomic E-state index is 15.4. The number of anilines is 2. The van der Waals surface area contributed by atoms with Crippen molar-refractivity contribution in [1.29, 1.82) is 0 Å². The van der Waals surface area contributed by atoms with Crippen molar-refractivity contribution in [2.75, 3.05) is 31.6 Å². The van der Waals surface area contributed by atoms with E-state index in [4.69, 9.17) is 16.3 Å². The summed E-state index contributed by atoms with van der Waals surface area (Å²) < 4.78 is 36.5. The lowest BCUT2D eigenvalue weighted by Crippen LogP contribution is -2.49. The van der Waals surface area contributed by atoms with Gasteiger partial charge in [0.2, 0.25) is 5.95 Å². The molecule has 2 saturated heterocycles. The predicted molar refractivity (Wildman–Crippen MR) is 126 cm³/mol. The van der Waals surface area contributed by atoms with Gasteiger partial charge in [0.05, 0.1) is 42.7 Å². The van der Waals surface area contributed by atoms with Crippen molar-refractivity contribution >= 4 is 34.1 Å². The SMILES string of the molecule is Cc1cc2cnc(Nc3cnn(C4CC4)c3Cl)nc2cc1C1CCN(C2COCC2F)CC1F. The third-order valence-electron chi connectivity index (χ3n) is 7.27. The molecule has 1 N–H and O–H groups in total. The molecule has 0 spiro atoms. The molecular weight excluding hydrogens is 462 g/mol. The first-order valence-corrected chi connectivity index (χ1v) is 12.2. The average molecular weight is 489 g/mol. The van der Waals surface area contributed by atoms with E-state index in [1.54, 1.807) is 12.4 Å². The van der Waals surface area contributed by atoms with Crippen LogP contribution in [-0.4, -0.2) is 69.3 Å². The van der Waals surface area contributed by atoms with E-state index in [2.05, 4.69) is 20.4 Å². The van der Waals surface area contributed by atoms with Crippen LogP contribution < -0.4 is 5.32 Å². The van der Waals surface area contributed by atoms with Crippen molar-refractivity contribution in [3.05, 3.63) is 40.8 Å². The van der Waals surface area contributed by atoms with Gasteiger partial charge >= 0.3 is 0 Å². The number of aromatic nitrogens is 4. The first kappa shape index (κ1) is 22.1. The van der Waals surface area contributed by atoms with Gasteiger partial charge in [-0.15, -0.1) is 0 Å². The van der Waals surface area contributed by atoms with Crippen LogP contribution in [-0.2, 0) is 4.74 Å². The molecule has 10 heteroatoms. The van der Waals surface area contributed by atoms with Crippen molar-refractivity contribution < 1.29 is 13.5 Å². The van der Waals surface area contributed by atoms with Crippen LogP contribution in [0, 0.1) is 6.92 Å². The number of likely N-dealkylation sites (tertiary alicyclic amines) is 1. The number of halogens is 3. The van der Waals surface area contributed by atoms with Crippen LogP contribution in [0.3, 0.4) is 0 Å². The Morgan fingerprint density at radius 3 is 2.71 bits per heavy atom. The summed E-state index contributed by atoms with van der Waals surface area (Å²) in [4.78, 5) is 11.0. The minimum Gasteiger partial charge on any atom is -0.377 e. The number of nitrogens with one attached hydrogen (secondary N) is 1. The highest BCUT2D eigenvalue weighted by Gasteiger charge is 2.39. The number of aryl methyl sites for hydroxylation is 1. The molecule has 3 aromatic rings. The molecule has 7 nitrogen and oxygen atoms in total. The van der Waals surface area contributed by atoms with E-state index >= 15 is 4.39 Å². The van der Waals surface area contributed by atoms with Gasteiger partial charge < -0.3 is 10.1 Å². The van der Waals surface area contributed by atoms with Gasteiger partial charge in [0.15, 0.2) is 5.15 Å². The summed E-state index contributed by atoms with van der Waals surface area (Å²) in [6, 6.07) is 4.02. The monoisotopic (exact) mass is 488 g/mol. The molecule has 1 aromatic carbocycles. The van der Waals surface area contributed by atoms with Crippen molar-refractivity contribution in [3.63, 3.8) is 0 Å². The maximum atomic E-state index is 15.4. The minimum atomic E-state index is -1.08. The minimum absolute atomic E-state index is 0.105. The Kier molecular flexibility index (Phi) is 5.66. The number of piperidine rings is 1. The van der Waals surface area contributed by atoms with Gasteiger partial charge in [-0.2, -0.15) is 5.10 Å². The topological polar surface area (TPSA) is 68.1 Å². The highest BCUT2D eigenvalue weighted by molar-refractivity contribution is 6.32. The Labute approximate surface area is 201 Å². The predicted octanol–water partition coefficient (Wildman–Crippen LogP) is 4.73. The van der Waals surface area contributed by atoms with E-state index in [1.807, 2.05) is 28.6 Å². The largest absolute Gasteiger partial charge is 0.377 e. The Morgan fingerprint density at radius 1 is 1.12 bits per heavy atom. The molecule has 1 saturated carbocycles. The second-order valence-corrected chi connectivity index (χ2v) is 10.00. The van der Waals surface area contributed by atoms with Crippen LogP contribution >= 0.6 is 11.6 Å². The lowest BCUT2D eigenvalue weighted by atomic mass is 9.84. The van der Waals surface area contributed by atoms with Gasteiger partial charge in [0, 0.05) is 24.0 Å². The fourth-order valence-electron chi connectivity index (χ4n) is 5.22. The summed E-state index contributed by atoms with van der Waals surface area (Å²) in [5.41, 5.74) is 3.37. The zero-order chi connectivity index (χ0) is 23.4. The van der Waals surface area contributed by atoms with Gasteiger partial charge in [0.25, 0.3) is 0 Å². The van der Waals surface area contributed by atoms with E-state index in [-0.39, 0.29) is 25.1 Å². The van der Waals surface area contributed by atoms with E-state index in [1.165, 1.54) is 0 Å². The molecule has 0 amide bonds. The van der Waals surface area contributed by atoms with Gasteiger partial charge in [-0.25, -0.2) is 23.4 Å². The van der Waals surface area contributed by atoms with E-state index < -0.39 is 12.3 Å². The number of hydrogen-bond donors (Lipinski definition) is 1. The number of hydrogen-bond acceptors (Lipinski definition) is 6. The number of rotatable bonds is 5. The van der Waals surface area contributed by atoms with Crippen LogP contribution in [0.2, 0.25) is 5.15 Å². The van der Waals surface area contributed by atoms with Crippen molar-refractivity contribution in [1.82, 2.24) is 24.6 Å². The normalized spacial score (nSPS) is 28.0. The first-order chi connectivity index (χ1) is 16.5. The third-order valence-corrected chi connectivity index (χ3v) is 7.64. The fourth-order valence-corrected chi connectivity index (χ4v) is 5.50. The standard InChI is InChI=1S/C24H27ClF2N6O/c1-13-6-14-8-28-24(31-21-9-29-33(23(21)25)15-2-3-15)30-20(14)7-17(13)16-4-5-32(10-18(16)26)22-12-34-11-19(22)27/h6-9,15-16,18-19,22H,2-5,10-12H2,1H3,(H,28,30,31). The van der Waals surface area contributed by atoms with Crippen LogP contribution in [0.1, 0.15) is 42.3 Å². The van der Waals surface area contributed by atoms with Gasteiger partial charge in [-0.1, -0.05) is 11.6 Å². The van der Waals surface area contributed by atoms with Gasteiger partial charge in [-0.3, -0.25) is 4.90 Å². The number of ether oxygens (including phenoxy) is 1. The van der Waals surface area contributed by atoms with Gasteiger partial charge in [0.1, 0.15) is 12.3 Å². The highest BCUT2D eigenvalue weighted by atomic mass is 35.5.